The van der Waals surface area contributed by atoms with Gasteiger partial charge in [-0.1, -0.05) is 6.08 Å². The van der Waals surface area contributed by atoms with E-state index in [9.17, 15) is 9.18 Å². The summed E-state index contributed by atoms with van der Waals surface area (Å²) in [5, 5.41) is 8.85. The third kappa shape index (κ3) is 2.27. The van der Waals surface area contributed by atoms with Crippen molar-refractivity contribution in [3.8, 4) is 0 Å². The van der Waals surface area contributed by atoms with Gasteiger partial charge in [-0.05, 0) is 18.9 Å². The zero-order chi connectivity index (χ0) is 12.4. The van der Waals surface area contributed by atoms with Crippen LogP contribution in [0.5, 0.6) is 0 Å². The van der Waals surface area contributed by atoms with E-state index in [-0.39, 0.29) is 17.4 Å². The van der Waals surface area contributed by atoms with Crippen molar-refractivity contribution in [1.82, 2.24) is 4.98 Å². The lowest BCUT2D eigenvalue weighted by Crippen LogP contribution is -2.28. The van der Waals surface area contributed by atoms with Crippen LogP contribution in [0.25, 0.3) is 0 Å². The molecule has 1 N–H and O–H groups in total. The molecule has 1 fully saturated rings. The van der Waals surface area contributed by atoms with E-state index in [2.05, 4.69) is 11.6 Å². The highest BCUT2D eigenvalue weighted by molar-refractivity contribution is 5.88. The Morgan fingerprint density at radius 3 is 2.94 bits per heavy atom. The first-order chi connectivity index (χ1) is 8.15. The van der Waals surface area contributed by atoms with Gasteiger partial charge >= 0.3 is 5.97 Å². The van der Waals surface area contributed by atoms with E-state index in [4.69, 9.17) is 5.11 Å². The zero-order valence-electron chi connectivity index (χ0n) is 9.27. The maximum absolute atomic E-state index is 14.0. The fraction of sp³-hybridized carbons (Fsp3) is 0.333. The molecular formula is C12H13FN2O2. The molecule has 1 saturated carbocycles. The van der Waals surface area contributed by atoms with Crippen molar-refractivity contribution >= 4 is 11.8 Å². The minimum atomic E-state index is -1.28. The van der Waals surface area contributed by atoms with Gasteiger partial charge in [0.2, 0.25) is 0 Å². The monoisotopic (exact) mass is 236 g/mol. The molecule has 2 rings (SSSR count). The highest BCUT2D eigenvalue weighted by atomic mass is 19.1. The largest absolute Gasteiger partial charge is 0.478 e. The van der Waals surface area contributed by atoms with Crippen LogP contribution in [-0.4, -0.2) is 28.6 Å². The Kier molecular flexibility index (Phi) is 3.08. The van der Waals surface area contributed by atoms with Crippen LogP contribution in [0, 0.1) is 5.82 Å². The molecule has 90 valence electrons. The Bertz CT molecular complexity index is 458. The first-order valence-electron chi connectivity index (χ1n) is 5.40. The average molecular weight is 236 g/mol. The van der Waals surface area contributed by atoms with Crippen LogP contribution in [0.4, 0.5) is 10.2 Å². The minimum Gasteiger partial charge on any atom is -0.478 e. The van der Waals surface area contributed by atoms with Gasteiger partial charge in [-0.25, -0.2) is 14.2 Å². The molecular weight excluding hydrogens is 223 g/mol. The molecule has 5 heteroatoms. The summed E-state index contributed by atoms with van der Waals surface area (Å²) in [6, 6.07) is 1.42. The number of hydrogen-bond donors (Lipinski definition) is 1. The molecule has 1 aliphatic rings. The molecule has 17 heavy (non-hydrogen) atoms. The zero-order valence-corrected chi connectivity index (χ0v) is 9.27. The van der Waals surface area contributed by atoms with E-state index in [0.29, 0.717) is 6.54 Å². The van der Waals surface area contributed by atoms with Crippen LogP contribution >= 0.6 is 0 Å². The summed E-state index contributed by atoms with van der Waals surface area (Å²) in [7, 11) is 0. The van der Waals surface area contributed by atoms with Crippen molar-refractivity contribution in [2.24, 2.45) is 0 Å². The molecule has 1 aromatic heterocycles. The van der Waals surface area contributed by atoms with Gasteiger partial charge in [0.05, 0.1) is 0 Å². The molecule has 0 amide bonds. The number of pyridine rings is 1. The molecule has 0 aliphatic heterocycles. The number of aromatic carboxylic acids is 1. The second kappa shape index (κ2) is 4.53. The second-order valence-electron chi connectivity index (χ2n) is 3.97. The van der Waals surface area contributed by atoms with Crippen LogP contribution < -0.4 is 4.90 Å². The smallest absolute Gasteiger partial charge is 0.338 e. The maximum atomic E-state index is 14.0. The Morgan fingerprint density at radius 1 is 1.71 bits per heavy atom. The lowest BCUT2D eigenvalue weighted by atomic mass is 10.2. The summed E-state index contributed by atoms with van der Waals surface area (Å²) >= 11 is 0. The predicted molar refractivity (Wildman–Crippen MR) is 61.7 cm³/mol. The van der Waals surface area contributed by atoms with E-state index >= 15 is 0 Å². The number of carbonyl (C=O) groups is 1. The van der Waals surface area contributed by atoms with Crippen molar-refractivity contribution in [3.63, 3.8) is 0 Å². The highest BCUT2D eigenvalue weighted by Crippen LogP contribution is 2.32. The number of nitrogens with zero attached hydrogens (tertiary/aromatic N) is 2. The molecule has 4 nitrogen and oxygen atoms in total. The van der Waals surface area contributed by atoms with Crippen molar-refractivity contribution in [2.45, 2.75) is 18.9 Å². The van der Waals surface area contributed by atoms with Crippen LogP contribution in [0.15, 0.2) is 24.9 Å². The van der Waals surface area contributed by atoms with Gasteiger partial charge in [0.15, 0.2) is 11.6 Å². The predicted octanol–water partition coefficient (Wildman–Crippen LogP) is 2.07. The van der Waals surface area contributed by atoms with E-state index in [1.165, 1.54) is 12.3 Å². The summed E-state index contributed by atoms with van der Waals surface area (Å²) < 4.78 is 14.0. The summed E-state index contributed by atoms with van der Waals surface area (Å²) in [5.41, 5.74) is -0.343. The average Bonchev–Trinajstić information content (AvgIpc) is 3.10. The molecule has 0 spiro atoms. The minimum absolute atomic E-state index is 0.104. The normalized spacial score (nSPS) is 14.4. The summed E-state index contributed by atoms with van der Waals surface area (Å²) in [5.74, 6) is -1.94. The Hall–Kier alpha value is -1.91. The van der Waals surface area contributed by atoms with Crippen LogP contribution in [0.2, 0.25) is 0 Å². The number of rotatable bonds is 5. The van der Waals surface area contributed by atoms with Crippen LogP contribution in [-0.2, 0) is 0 Å². The van der Waals surface area contributed by atoms with Gasteiger partial charge in [-0.15, -0.1) is 6.58 Å². The first-order valence-corrected chi connectivity index (χ1v) is 5.40. The molecule has 0 radical (unpaired) electrons. The van der Waals surface area contributed by atoms with Crippen molar-refractivity contribution in [1.29, 1.82) is 0 Å². The Balaban J connectivity index is 2.39. The number of anilines is 1. The number of carboxylic acid groups (broad SMARTS) is 1. The lowest BCUT2D eigenvalue weighted by Gasteiger charge is -2.22. The quantitative estimate of drug-likeness (QED) is 0.795. The Morgan fingerprint density at radius 2 is 2.41 bits per heavy atom. The first kappa shape index (κ1) is 11.6. The van der Waals surface area contributed by atoms with Gasteiger partial charge in [0.25, 0.3) is 0 Å². The fourth-order valence-corrected chi connectivity index (χ4v) is 1.73. The number of carboxylic acids is 1. The van der Waals surface area contributed by atoms with E-state index in [0.717, 1.165) is 12.8 Å². The summed E-state index contributed by atoms with van der Waals surface area (Å²) in [6.07, 6.45) is 4.94. The number of hydrogen-bond acceptors (Lipinski definition) is 3. The summed E-state index contributed by atoms with van der Waals surface area (Å²) in [4.78, 5) is 16.5. The number of halogens is 1. The van der Waals surface area contributed by atoms with Crippen molar-refractivity contribution in [3.05, 3.63) is 36.3 Å². The van der Waals surface area contributed by atoms with Crippen LogP contribution in [0.1, 0.15) is 23.2 Å². The van der Waals surface area contributed by atoms with Gasteiger partial charge < -0.3 is 10.0 Å². The van der Waals surface area contributed by atoms with Gasteiger partial charge in [0.1, 0.15) is 5.56 Å². The fourth-order valence-electron chi connectivity index (χ4n) is 1.73. The SMILES string of the molecule is C=CCN(c1nccc(C(=O)O)c1F)C1CC1. The molecule has 0 aromatic carbocycles. The lowest BCUT2D eigenvalue weighted by molar-refractivity contribution is 0.0691. The highest BCUT2D eigenvalue weighted by Gasteiger charge is 2.31. The van der Waals surface area contributed by atoms with E-state index < -0.39 is 11.8 Å². The number of aromatic nitrogens is 1. The van der Waals surface area contributed by atoms with Crippen molar-refractivity contribution in [2.75, 3.05) is 11.4 Å². The van der Waals surface area contributed by atoms with Gasteiger partial charge in [0, 0.05) is 18.8 Å². The van der Waals surface area contributed by atoms with Crippen molar-refractivity contribution < 1.29 is 14.3 Å². The topological polar surface area (TPSA) is 53.4 Å². The molecule has 0 atom stereocenters. The van der Waals surface area contributed by atoms with Gasteiger partial charge in [-0.3, -0.25) is 0 Å². The third-order valence-electron chi connectivity index (χ3n) is 2.69. The molecule has 0 bridgehead atoms. The third-order valence-corrected chi connectivity index (χ3v) is 2.69. The van der Waals surface area contributed by atoms with Gasteiger partial charge in [-0.2, -0.15) is 0 Å². The van der Waals surface area contributed by atoms with Crippen LogP contribution in [0.3, 0.4) is 0 Å². The van der Waals surface area contributed by atoms with E-state index in [1.807, 2.05) is 0 Å². The molecule has 1 aliphatic carbocycles. The maximum Gasteiger partial charge on any atom is 0.338 e. The molecule has 1 aromatic rings. The molecule has 0 saturated heterocycles. The molecule has 1 heterocycles. The molecule has 0 unspecified atom stereocenters. The Labute approximate surface area is 98.4 Å². The van der Waals surface area contributed by atoms with E-state index in [1.54, 1.807) is 11.0 Å². The second-order valence-corrected chi connectivity index (χ2v) is 3.97. The summed E-state index contributed by atoms with van der Waals surface area (Å²) in [6.45, 7) is 4.09. The standard InChI is InChI=1S/C12H13FN2O2/c1-2-7-15(8-3-4-8)11-10(13)9(12(16)17)5-6-14-11/h2,5-6,8H,1,3-4,7H2,(H,16,17).